The maximum atomic E-state index is 12.2. The Morgan fingerprint density at radius 2 is 2.18 bits per heavy atom. The lowest BCUT2D eigenvalue weighted by molar-refractivity contribution is -0.109. The second-order valence-corrected chi connectivity index (χ2v) is 6.05. The maximum Gasteiger partial charge on any atom is 0.243 e. The van der Waals surface area contributed by atoms with E-state index in [2.05, 4.69) is 0 Å². The van der Waals surface area contributed by atoms with Gasteiger partial charge in [-0.25, -0.2) is 8.42 Å². The SMILES string of the molecule is O=C[C@@H]1[CH]CCN1S(=O)(=O)c1cccc(Cl)c1. The molecule has 1 radical (unpaired) electrons. The summed E-state index contributed by atoms with van der Waals surface area (Å²) in [7, 11) is -3.64. The van der Waals surface area contributed by atoms with Gasteiger partial charge in [0, 0.05) is 11.6 Å². The first-order valence-electron chi connectivity index (χ1n) is 5.12. The summed E-state index contributed by atoms with van der Waals surface area (Å²) in [6.45, 7) is 0.332. The Bertz CT molecular complexity index is 529. The van der Waals surface area contributed by atoms with Crippen LogP contribution in [0.2, 0.25) is 5.02 Å². The average molecular weight is 273 g/mol. The van der Waals surface area contributed by atoms with Crippen molar-refractivity contribution in [3.05, 3.63) is 35.7 Å². The fourth-order valence-electron chi connectivity index (χ4n) is 1.81. The largest absolute Gasteiger partial charge is 0.302 e. The van der Waals surface area contributed by atoms with Crippen LogP contribution in [0, 0.1) is 6.42 Å². The normalized spacial score (nSPS) is 21.6. The fraction of sp³-hybridized carbons (Fsp3) is 0.273. The summed E-state index contributed by atoms with van der Waals surface area (Å²) in [6, 6.07) is 5.37. The van der Waals surface area contributed by atoms with Crippen molar-refractivity contribution in [3.63, 3.8) is 0 Å². The van der Waals surface area contributed by atoms with E-state index >= 15 is 0 Å². The Morgan fingerprint density at radius 1 is 1.41 bits per heavy atom. The van der Waals surface area contributed by atoms with E-state index in [0.717, 1.165) is 0 Å². The number of hydrogen-bond donors (Lipinski definition) is 0. The van der Waals surface area contributed by atoms with Crippen LogP contribution in [0.15, 0.2) is 29.2 Å². The summed E-state index contributed by atoms with van der Waals surface area (Å²) in [5, 5.41) is 0.358. The molecule has 4 nitrogen and oxygen atoms in total. The molecule has 0 amide bonds. The van der Waals surface area contributed by atoms with Gasteiger partial charge in [0.15, 0.2) is 0 Å². The van der Waals surface area contributed by atoms with Crippen LogP contribution in [0.5, 0.6) is 0 Å². The van der Waals surface area contributed by atoms with Gasteiger partial charge in [-0.1, -0.05) is 17.7 Å². The first-order valence-corrected chi connectivity index (χ1v) is 6.93. The molecule has 0 spiro atoms. The lowest BCUT2D eigenvalue weighted by atomic mass is 10.2. The molecule has 1 aromatic carbocycles. The molecule has 6 heteroatoms. The highest BCUT2D eigenvalue weighted by molar-refractivity contribution is 7.89. The molecule has 0 saturated carbocycles. The summed E-state index contributed by atoms with van der Waals surface area (Å²) >= 11 is 5.77. The van der Waals surface area contributed by atoms with Crippen molar-refractivity contribution < 1.29 is 13.2 Å². The minimum absolute atomic E-state index is 0.118. The number of nitrogens with zero attached hydrogens (tertiary/aromatic N) is 1. The van der Waals surface area contributed by atoms with E-state index in [1.54, 1.807) is 18.6 Å². The number of rotatable bonds is 3. The Hall–Kier alpha value is -0.910. The van der Waals surface area contributed by atoms with Crippen LogP contribution < -0.4 is 0 Å². The number of carbonyl (C=O) groups is 1. The fourth-order valence-corrected chi connectivity index (χ4v) is 3.66. The minimum atomic E-state index is -3.64. The predicted octanol–water partition coefficient (Wildman–Crippen LogP) is 1.51. The summed E-state index contributed by atoms with van der Waals surface area (Å²) in [6.07, 6.45) is 2.91. The maximum absolute atomic E-state index is 12.2. The molecular formula is C11H11ClNO3S. The smallest absolute Gasteiger partial charge is 0.243 e. The van der Waals surface area contributed by atoms with Crippen LogP contribution in [0.3, 0.4) is 0 Å². The molecule has 1 heterocycles. The van der Waals surface area contributed by atoms with Gasteiger partial charge in [-0.05, 0) is 31.0 Å². The molecule has 0 bridgehead atoms. The third-order valence-corrected chi connectivity index (χ3v) is 4.76. The quantitative estimate of drug-likeness (QED) is 0.784. The molecule has 0 N–H and O–H groups in total. The van der Waals surface area contributed by atoms with Crippen LogP contribution in [0.1, 0.15) is 6.42 Å². The van der Waals surface area contributed by atoms with E-state index in [0.29, 0.717) is 24.3 Å². The number of sulfonamides is 1. The van der Waals surface area contributed by atoms with Gasteiger partial charge >= 0.3 is 0 Å². The third kappa shape index (κ3) is 2.36. The van der Waals surface area contributed by atoms with Gasteiger partial charge in [0.1, 0.15) is 6.29 Å². The Balaban J connectivity index is 2.39. The third-order valence-electron chi connectivity index (χ3n) is 2.63. The number of hydrogen-bond acceptors (Lipinski definition) is 3. The summed E-state index contributed by atoms with van der Waals surface area (Å²) in [5.41, 5.74) is 0. The minimum Gasteiger partial charge on any atom is -0.302 e. The van der Waals surface area contributed by atoms with E-state index in [1.807, 2.05) is 0 Å². The van der Waals surface area contributed by atoms with E-state index in [9.17, 15) is 13.2 Å². The lowest BCUT2D eigenvalue weighted by Crippen LogP contribution is -2.36. The van der Waals surface area contributed by atoms with Gasteiger partial charge in [0.25, 0.3) is 0 Å². The van der Waals surface area contributed by atoms with Crippen molar-refractivity contribution in [1.29, 1.82) is 0 Å². The standard InChI is InChI=1S/C11H11ClNO3S/c12-9-3-1-5-11(7-9)17(15,16)13-6-2-4-10(13)8-14/h1,3-5,7-8,10H,2,6H2/t10-/m0/s1. The second-order valence-electron chi connectivity index (χ2n) is 3.72. The van der Waals surface area contributed by atoms with Gasteiger partial charge in [-0.15, -0.1) is 0 Å². The zero-order valence-electron chi connectivity index (χ0n) is 8.91. The molecule has 0 aliphatic carbocycles. The number of aldehydes is 1. The highest BCUT2D eigenvalue weighted by Gasteiger charge is 2.35. The summed E-state index contributed by atoms with van der Waals surface area (Å²) < 4.78 is 25.7. The summed E-state index contributed by atoms with van der Waals surface area (Å²) in [5.74, 6) is 0. The van der Waals surface area contributed by atoms with Gasteiger partial charge in [0.05, 0.1) is 10.9 Å². The number of carbonyl (C=O) groups excluding carboxylic acids is 1. The highest BCUT2D eigenvalue weighted by atomic mass is 35.5. The highest BCUT2D eigenvalue weighted by Crippen LogP contribution is 2.25. The molecule has 1 aromatic rings. The molecule has 0 unspecified atom stereocenters. The molecule has 17 heavy (non-hydrogen) atoms. The first kappa shape index (κ1) is 12.5. The van der Waals surface area contributed by atoms with Gasteiger partial charge in [-0.2, -0.15) is 4.31 Å². The lowest BCUT2D eigenvalue weighted by Gasteiger charge is -2.19. The second kappa shape index (κ2) is 4.76. The average Bonchev–Trinajstić information content (AvgIpc) is 2.77. The van der Waals surface area contributed by atoms with E-state index < -0.39 is 16.1 Å². The molecule has 1 atom stereocenters. The molecule has 91 valence electrons. The van der Waals surface area contributed by atoms with Crippen molar-refractivity contribution in [1.82, 2.24) is 4.31 Å². The molecule has 1 aliphatic rings. The van der Waals surface area contributed by atoms with E-state index in [-0.39, 0.29) is 4.90 Å². The molecular weight excluding hydrogens is 262 g/mol. The predicted molar refractivity (Wildman–Crippen MR) is 64.1 cm³/mol. The zero-order valence-corrected chi connectivity index (χ0v) is 10.5. The van der Waals surface area contributed by atoms with E-state index in [1.165, 1.54) is 16.4 Å². The Morgan fingerprint density at radius 3 is 2.82 bits per heavy atom. The zero-order chi connectivity index (χ0) is 12.5. The van der Waals surface area contributed by atoms with Crippen LogP contribution in [-0.4, -0.2) is 31.6 Å². The molecule has 1 saturated heterocycles. The summed E-state index contributed by atoms with van der Waals surface area (Å²) in [4.78, 5) is 10.9. The Kier molecular flexibility index (Phi) is 3.51. The number of halogens is 1. The van der Waals surface area contributed by atoms with Crippen LogP contribution in [0.25, 0.3) is 0 Å². The van der Waals surface area contributed by atoms with Gasteiger partial charge in [-0.3, -0.25) is 0 Å². The van der Waals surface area contributed by atoms with Crippen LogP contribution >= 0.6 is 11.6 Å². The molecule has 0 aromatic heterocycles. The van der Waals surface area contributed by atoms with Crippen LogP contribution in [0.4, 0.5) is 0 Å². The van der Waals surface area contributed by atoms with Crippen molar-refractivity contribution in [2.45, 2.75) is 17.4 Å². The topological polar surface area (TPSA) is 54.5 Å². The first-order chi connectivity index (χ1) is 8.05. The molecule has 1 fully saturated rings. The van der Waals surface area contributed by atoms with Crippen molar-refractivity contribution >= 4 is 27.9 Å². The van der Waals surface area contributed by atoms with Crippen molar-refractivity contribution in [2.24, 2.45) is 0 Å². The number of benzene rings is 1. The Labute approximate surface area is 105 Å². The molecule has 1 aliphatic heterocycles. The van der Waals surface area contributed by atoms with Crippen molar-refractivity contribution in [3.8, 4) is 0 Å². The van der Waals surface area contributed by atoms with Crippen molar-refractivity contribution in [2.75, 3.05) is 6.54 Å². The monoisotopic (exact) mass is 272 g/mol. The molecule has 2 rings (SSSR count). The van der Waals surface area contributed by atoms with Crippen LogP contribution in [-0.2, 0) is 14.8 Å². The van der Waals surface area contributed by atoms with Gasteiger partial charge in [0.2, 0.25) is 10.0 Å². The van der Waals surface area contributed by atoms with E-state index in [4.69, 9.17) is 11.6 Å². The van der Waals surface area contributed by atoms with Gasteiger partial charge < -0.3 is 4.79 Å².